The van der Waals surface area contributed by atoms with E-state index in [9.17, 15) is 9.18 Å². The Kier molecular flexibility index (Phi) is 5.77. The largest absolute Gasteiger partial charge is 0.344 e. The maximum atomic E-state index is 13.2. The first kappa shape index (κ1) is 16.9. The monoisotopic (exact) mass is 359 g/mol. The molecule has 0 bridgehead atoms. The molecular formula is C19H18FNOS2. The highest BCUT2D eigenvalue weighted by Gasteiger charge is 2.17. The molecule has 1 aromatic carbocycles. The summed E-state index contributed by atoms with van der Waals surface area (Å²) in [6.07, 6.45) is 2.24. The Hall–Kier alpha value is -1.98. The number of halogens is 1. The van der Waals surface area contributed by atoms with Crippen molar-refractivity contribution in [1.29, 1.82) is 0 Å². The predicted octanol–water partition coefficient (Wildman–Crippen LogP) is 5.18. The summed E-state index contributed by atoms with van der Waals surface area (Å²) in [6.45, 7) is 0. The zero-order valence-corrected chi connectivity index (χ0v) is 14.7. The Morgan fingerprint density at radius 2 is 1.79 bits per heavy atom. The number of nitrogens with one attached hydrogen (secondary N) is 1. The minimum Gasteiger partial charge on any atom is -0.344 e. The van der Waals surface area contributed by atoms with E-state index in [1.54, 1.807) is 34.8 Å². The van der Waals surface area contributed by atoms with E-state index in [4.69, 9.17) is 0 Å². The molecular weight excluding hydrogens is 341 g/mol. The molecule has 1 N–H and O–H groups in total. The lowest BCUT2D eigenvalue weighted by Gasteiger charge is -2.18. The van der Waals surface area contributed by atoms with Crippen LogP contribution in [0.15, 0.2) is 59.3 Å². The zero-order chi connectivity index (χ0) is 16.8. The second-order valence-electron chi connectivity index (χ2n) is 5.50. The van der Waals surface area contributed by atoms with Gasteiger partial charge in [-0.2, -0.15) is 0 Å². The van der Waals surface area contributed by atoms with Crippen molar-refractivity contribution in [2.75, 3.05) is 0 Å². The number of thiophene rings is 2. The van der Waals surface area contributed by atoms with Crippen LogP contribution in [0.3, 0.4) is 0 Å². The van der Waals surface area contributed by atoms with Crippen LogP contribution in [-0.4, -0.2) is 5.91 Å². The summed E-state index contributed by atoms with van der Waals surface area (Å²) >= 11 is 3.31. The smallest absolute Gasteiger partial charge is 0.220 e. The van der Waals surface area contributed by atoms with Gasteiger partial charge in [0.05, 0.1) is 6.04 Å². The van der Waals surface area contributed by atoms with Crippen molar-refractivity contribution in [3.05, 3.63) is 80.4 Å². The molecule has 3 rings (SSSR count). The van der Waals surface area contributed by atoms with Crippen LogP contribution in [0.2, 0.25) is 0 Å². The molecule has 3 aromatic rings. The number of benzene rings is 1. The maximum absolute atomic E-state index is 13.2. The molecule has 0 saturated carbocycles. The summed E-state index contributed by atoms with van der Waals surface area (Å²) in [5.74, 6) is -0.250. The Morgan fingerprint density at radius 3 is 2.46 bits per heavy atom. The number of carbonyl (C=O) groups is 1. The molecule has 124 valence electrons. The van der Waals surface area contributed by atoms with E-state index in [1.165, 1.54) is 17.0 Å². The van der Waals surface area contributed by atoms with Crippen molar-refractivity contribution in [3.63, 3.8) is 0 Å². The van der Waals surface area contributed by atoms with Crippen LogP contribution in [0.25, 0.3) is 0 Å². The van der Waals surface area contributed by atoms with E-state index in [-0.39, 0.29) is 17.8 Å². The SMILES string of the molecule is O=C(CCCc1cccs1)N[C@H](c1ccc(F)cc1)c1cccs1. The summed E-state index contributed by atoms with van der Waals surface area (Å²) in [4.78, 5) is 14.7. The summed E-state index contributed by atoms with van der Waals surface area (Å²) < 4.78 is 13.2. The number of hydrogen-bond donors (Lipinski definition) is 1. The third-order valence-corrected chi connectivity index (χ3v) is 5.62. The van der Waals surface area contributed by atoms with Gasteiger partial charge in [0.25, 0.3) is 0 Å². The average Bonchev–Trinajstić information content (AvgIpc) is 3.27. The third kappa shape index (κ3) is 4.52. The first-order valence-electron chi connectivity index (χ1n) is 7.83. The molecule has 0 aliphatic carbocycles. The molecule has 0 fully saturated rings. The van der Waals surface area contributed by atoms with Gasteiger partial charge in [-0.25, -0.2) is 4.39 Å². The molecule has 24 heavy (non-hydrogen) atoms. The second-order valence-corrected chi connectivity index (χ2v) is 7.51. The summed E-state index contributed by atoms with van der Waals surface area (Å²) in [6, 6.07) is 14.2. The Balaban J connectivity index is 1.63. The van der Waals surface area contributed by atoms with Crippen molar-refractivity contribution in [2.24, 2.45) is 0 Å². The standard InChI is InChI=1S/C19H18FNOS2/c20-15-10-8-14(9-11-15)19(17-6-3-13-24-17)21-18(22)7-1-4-16-5-2-12-23-16/h2-3,5-6,8-13,19H,1,4,7H2,(H,21,22)/t19-/m1/s1. The zero-order valence-electron chi connectivity index (χ0n) is 13.1. The van der Waals surface area contributed by atoms with Gasteiger partial charge in [-0.1, -0.05) is 24.3 Å². The van der Waals surface area contributed by atoms with Crippen LogP contribution in [0.4, 0.5) is 4.39 Å². The Bertz CT molecular complexity index is 751. The quantitative estimate of drug-likeness (QED) is 0.619. The van der Waals surface area contributed by atoms with Gasteiger partial charge in [0, 0.05) is 16.2 Å². The van der Waals surface area contributed by atoms with Gasteiger partial charge < -0.3 is 5.32 Å². The van der Waals surface area contributed by atoms with E-state index < -0.39 is 0 Å². The van der Waals surface area contributed by atoms with Crippen molar-refractivity contribution in [3.8, 4) is 0 Å². The summed E-state index contributed by atoms with van der Waals surface area (Å²) in [5.41, 5.74) is 0.894. The highest BCUT2D eigenvalue weighted by atomic mass is 32.1. The first-order valence-corrected chi connectivity index (χ1v) is 9.59. The van der Waals surface area contributed by atoms with Crippen LogP contribution in [0.1, 0.15) is 34.2 Å². The van der Waals surface area contributed by atoms with Gasteiger partial charge in [0.1, 0.15) is 5.82 Å². The number of rotatable bonds is 7. The fraction of sp³-hybridized carbons (Fsp3) is 0.211. The van der Waals surface area contributed by atoms with E-state index in [1.807, 2.05) is 23.6 Å². The van der Waals surface area contributed by atoms with Crippen LogP contribution >= 0.6 is 22.7 Å². The molecule has 0 unspecified atom stereocenters. The fourth-order valence-electron chi connectivity index (χ4n) is 2.54. The number of amides is 1. The van der Waals surface area contributed by atoms with E-state index in [2.05, 4.69) is 16.8 Å². The molecule has 2 nitrogen and oxygen atoms in total. The topological polar surface area (TPSA) is 29.1 Å². The molecule has 0 aliphatic rings. The molecule has 5 heteroatoms. The summed E-state index contributed by atoms with van der Waals surface area (Å²) in [7, 11) is 0. The fourth-order valence-corrected chi connectivity index (χ4v) is 4.09. The Morgan fingerprint density at radius 1 is 1.04 bits per heavy atom. The van der Waals surface area contributed by atoms with Crippen molar-refractivity contribution in [2.45, 2.75) is 25.3 Å². The highest BCUT2D eigenvalue weighted by molar-refractivity contribution is 7.10. The number of aryl methyl sites for hydroxylation is 1. The van der Waals surface area contributed by atoms with Gasteiger partial charge in [0.15, 0.2) is 0 Å². The van der Waals surface area contributed by atoms with Gasteiger partial charge in [-0.15, -0.1) is 22.7 Å². The Labute approximate surface area is 149 Å². The molecule has 0 saturated heterocycles. The minimum absolute atomic E-state index is 0.0225. The van der Waals surface area contributed by atoms with Crippen LogP contribution in [0.5, 0.6) is 0 Å². The van der Waals surface area contributed by atoms with Crippen molar-refractivity contribution < 1.29 is 9.18 Å². The van der Waals surface area contributed by atoms with Crippen LogP contribution < -0.4 is 5.32 Å². The number of carbonyl (C=O) groups excluding carboxylic acids is 1. The lowest BCUT2D eigenvalue weighted by Crippen LogP contribution is -2.28. The van der Waals surface area contributed by atoms with E-state index >= 15 is 0 Å². The molecule has 1 amide bonds. The number of hydrogen-bond acceptors (Lipinski definition) is 3. The predicted molar refractivity (Wildman–Crippen MR) is 98.0 cm³/mol. The normalized spacial score (nSPS) is 12.0. The third-order valence-electron chi connectivity index (χ3n) is 3.74. The minimum atomic E-state index is -0.272. The van der Waals surface area contributed by atoms with Crippen LogP contribution in [0, 0.1) is 5.82 Å². The van der Waals surface area contributed by atoms with Crippen LogP contribution in [-0.2, 0) is 11.2 Å². The van der Waals surface area contributed by atoms with Gasteiger partial charge in [-0.05, 0) is 53.4 Å². The molecule has 0 aliphatic heterocycles. The van der Waals surface area contributed by atoms with Gasteiger partial charge in [-0.3, -0.25) is 4.79 Å². The average molecular weight is 359 g/mol. The van der Waals surface area contributed by atoms with Crippen molar-refractivity contribution in [1.82, 2.24) is 5.32 Å². The second kappa shape index (κ2) is 8.22. The molecule has 0 spiro atoms. The lowest BCUT2D eigenvalue weighted by molar-refractivity contribution is -0.121. The summed E-state index contributed by atoms with van der Waals surface area (Å²) in [5, 5.41) is 7.12. The van der Waals surface area contributed by atoms with E-state index in [0.29, 0.717) is 6.42 Å². The van der Waals surface area contributed by atoms with Gasteiger partial charge in [0.2, 0.25) is 5.91 Å². The molecule has 1 atom stereocenters. The highest BCUT2D eigenvalue weighted by Crippen LogP contribution is 2.26. The first-order chi connectivity index (χ1) is 11.7. The molecule has 0 radical (unpaired) electrons. The maximum Gasteiger partial charge on any atom is 0.220 e. The van der Waals surface area contributed by atoms with Gasteiger partial charge >= 0.3 is 0 Å². The van der Waals surface area contributed by atoms with Crippen molar-refractivity contribution >= 4 is 28.6 Å². The lowest BCUT2D eigenvalue weighted by atomic mass is 10.0. The van der Waals surface area contributed by atoms with E-state index in [0.717, 1.165) is 23.3 Å². The molecule has 2 heterocycles. The molecule has 2 aromatic heterocycles.